The van der Waals surface area contributed by atoms with Gasteiger partial charge in [-0.05, 0) is 18.9 Å². The Kier molecular flexibility index (Phi) is 3.57. The van der Waals surface area contributed by atoms with E-state index in [9.17, 15) is 14.7 Å². The molecule has 1 fully saturated rings. The summed E-state index contributed by atoms with van der Waals surface area (Å²) in [6, 6.07) is 7.48. The highest BCUT2D eigenvalue weighted by Crippen LogP contribution is 2.38. The summed E-state index contributed by atoms with van der Waals surface area (Å²) in [5.41, 5.74) is 0.0973. The fourth-order valence-electron chi connectivity index (χ4n) is 3.28. The largest absolute Gasteiger partial charge is 0.492 e. The van der Waals surface area contributed by atoms with Crippen LogP contribution in [-0.4, -0.2) is 30.1 Å². The molecule has 1 heterocycles. The molecule has 3 rings (SSSR count). The van der Waals surface area contributed by atoms with Gasteiger partial charge in [0.25, 0.3) is 0 Å². The van der Waals surface area contributed by atoms with E-state index < -0.39 is 11.4 Å². The van der Waals surface area contributed by atoms with E-state index >= 15 is 0 Å². The maximum absolute atomic E-state index is 12.3. The second-order valence-electron chi connectivity index (χ2n) is 5.91. The molecule has 21 heavy (non-hydrogen) atoms. The van der Waals surface area contributed by atoms with Crippen LogP contribution in [0.5, 0.6) is 5.75 Å². The zero-order valence-corrected chi connectivity index (χ0v) is 11.8. The van der Waals surface area contributed by atoms with Gasteiger partial charge in [0.2, 0.25) is 5.91 Å². The lowest BCUT2D eigenvalue weighted by atomic mass is 9.86. The third-order valence-electron chi connectivity index (χ3n) is 4.63. The molecule has 1 aromatic rings. The van der Waals surface area contributed by atoms with Gasteiger partial charge in [0.15, 0.2) is 0 Å². The highest BCUT2D eigenvalue weighted by atomic mass is 16.5. The first kappa shape index (κ1) is 13.9. The lowest BCUT2D eigenvalue weighted by molar-refractivity contribution is -0.148. The molecule has 1 aliphatic carbocycles. The molecule has 1 saturated carbocycles. The smallest absolute Gasteiger partial charge is 0.311 e. The monoisotopic (exact) mass is 289 g/mol. The minimum Gasteiger partial charge on any atom is -0.492 e. The number of carbonyl (C=O) groups excluding carboxylic acids is 1. The van der Waals surface area contributed by atoms with Crippen molar-refractivity contribution in [3.05, 3.63) is 29.8 Å². The van der Waals surface area contributed by atoms with E-state index in [0.717, 1.165) is 24.2 Å². The summed E-state index contributed by atoms with van der Waals surface area (Å²) in [6.45, 7) is 0.533. The van der Waals surface area contributed by atoms with Gasteiger partial charge in [-0.25, -0.2) is 0 Å². The average molecular weight is 289 g/mol. The van der Waals surface area contributed by atoms with E-state index in [1.165, 1.54) is 0 Å². The number of rotatable bonds is 4. The molecule has 0 bridgehead atoms. The summed E-state index contributed by atoms with van der Waals surface area (Å²) in [5.74, 6) is -0.546. The Labute approximate surface area is 123 Å². The first-order valence-electron chi connectivity index (χ1n) is 7.35. The second kappa shape index (κ2) is 5.39. The molecule has 1 atom stereocenters. The fourth-order valence-corrected chi connectivity index (χ4v) is 3.28. The summed E-state index contributed by atoms with van der Waals surface area (Å²) in [4.78, 5) is 23.8. The van der Waals surface area contributed by atoms with Gasteiger partial charge in [0.05, 0.1) is 5.41 Å². The van der Waals surface area contributed by atoms with Crippen molar-refractivity contribution in [2.24, 2.45) is 5.41 Å². The standard InChI is InChI=1S/C16H19NO4/c18-14(12-9-21-13-6-2-1-5-11(12)13)17-10-16(15(19)20)7-3-4-8-16/h1-2,5-6,12H,3-4,7-10H2,(H,17,18)(H,19,20). The highest BCUT2D eigenvalue weighted by Gasteiger charge is 2.42. The van der Waals surface area contributed by atoms with Crippen LogP contribution in [0.3, 0.4) is 0 Å². The molecule has 0 aromatic heterocycles. The van der Waals surface area contributed by atoms with Crippen molar-refractivity contribution >= 4 is 11.9 Å². The minimum atomic E-state index is -0.802. The van der Waals surface area contributed by atoms with Crippen molar-refractivity contribution in [3.8, 4) is 5.75 Å². The predicted octanol–water partition coefficient (Wildman–Crippen LogP) is 1.92. The molecule has 1 amide bonds. The van der Waals surface area contributed by atoms with E-state index in [2.05, 4.69) is 5.32 Å². The minimum absolute atomic E-state index is 0.146. The van der Waals surface area contributed by atoms with Gasteiger partial charge in [-0.2, -0.15) is 0 Å². The Morgan fingerprint density at radius 2 is 2.00 bits per heavy atom. The Morgan fingerprint density at radius 1 is 1.29 bits per heavy atom. The summed E-state index contributed by atoms with van der Waals surface area (Å²) in [6.07, 6.45) is 3.11. The number of hydrogen-bond donors (Lipinski definition) is 2. The van der Waals surface area contributed by atoms with Crippen molar-refractivity contribution < 1.29 is 19.4 Å². The van der Waals surface area contributed by atoms with Crippen LogP contribution in [-0.2, 0) is 9.59 Å². The van der Waals surface area contributed by atoms with Crippen molar-refractivity contribution in [1.82, 2.24) is 5.32 Å². The van der Waals surface area contributed by atoms with Crippen LogP contribution in [0.15, 0.2) is 24.3 Å². The number of carbonyl (C=O) groups is 2. The second-order valence-corrected chi connectivity index (χ2v) is 5.91. The Balaban J connectivity index is 1.66. The van der Waals surface area contributed by atoms with Crippen LogP contribution in [0.2, 0.25) is 0 Å². The summed E-state index contributed by atoms with van der Waals surface area (Å²) >= 11 is 0. The zero-order valence-electron chi connectivity index (χ0n) is 11.8. The highest BCUT2D eigenvalue weighted by molar-refractivity contribution is 5.86. The first-order chi connectivity index (χ1) is 10.1. The number of benzene rings is 1. The molecule has 0 radical (unpaired) electrons. The van der Waals surface area contributed by atoms with E-state index in [-0.39, 0.29) is 18.4 Å². The van der Waals surface area contributed by atoms with Crippen molar-refractivity contribution in [1.29, 1.82) is 0 Å². The molecule has 112 valence electrons. The maximum atomic E-state index is 12.3. The molecule has 0 saturated heterocycles. The molecular formula is C16H19NO4. The van der Waals surface area contributed by atoms with E-state index in [1.807, 2.05) is 24.3 Å². The normalized spacial score (nSPS) is 22.4. The van der Waals surface area contributed by atoms with Gasteiger partial charge in [0.1, 0.15) is 18.3 Å². The SMILES string of the molecule is O=C(NCC1(C(=O)O)CCCC1)C1COc2ccccc21. The number of ether oxygens (including phenoxy) is 1. The van der Waals surface area contributed by atoms with E-state index in [0.29, 0.717) is 19.4 Å². The van der Waals surface area contributed by atoms with E-state index in [1.54, 1.807) is 0 Å². The number of hydrogen-bond acceptors (Lipinski definition) is 3. The molecule has 2 aliphatic rings. The third-order valence-corrected chi connectivity index (χ3v) is 4.63. The van der Waals surface area contributed by atoms with Crippen LogP contribution >= 0.6 is 0 Å². The lowest BCUT2D eigenvalue weighted by Gasteiger charge is -2.24. The summed E-state index contributed by atoms with van der Waals surface area (Å²) in [7, 11) is 0. The van der Waals surface area contributed by atoms with Crippen LogP contribution in [0.25, 0.3) is 0 Å². The average Bonchev–Trinajstić information content (AvgIpc) is 3.12. The van der Waals surface area contributed by atoms with Gasteiger partial charge in [0, 0.05) is 12.1 Å². The first-order valence-corrected chi connectivity index (χ1v) is 7.35. The van der Waals surface area contributed by atoms with Crippen LogP contribution in [0, 0.1) is 5.41 Å². The van der Waals surface area contributed by atoms with Gasteiger partial charge in [-0.3, -0.25) is 9.59 Å². The number of nitrogens with one attached hydrogen (secondary N) is 1. The van der Waals surface area contributed by atoms with Gasteiger partial charge < -0.3 is 15.2 Å². The zero-order chi connectivity index (χ0) is 14.9. The van der Waals surface area contributed by atoms with Gasteiger partial charge >= 0.3 is 5.97 Å². The Hall–Kier alpha value is -2.04. The quantitative estimate of drug-likeness (QED) is 0.888. The Bertz CT molecular complexity index is 563. The molecule has 0 spiro atoms. The number of carboxylic acid groups (broad SMARTS) is 1. The van der Waals surface area contributed by atoms with Crippen LogP contribution in [0.1, 0.15) is 37.2 Å². The van der Waals surface area contributed by atoms with Gasteiger partial charge in [-0.15, -0.1) is 0 Å². The van der Waals surface area contributed by atoms with E-state index in [4.69, 9.17) is 4.74 Å². The predicted molar refractivity (Wildman–Crippen MR) is 76.2 cm³/mol. The molecule has 5 nitrogen and oxygen atoms in total. The molecule has 2 N–H and O–H groups in total. The molecule has 1 aliphatic heterocycles. The third kappa shape index (κ3) is 2.48. The topological polar surface area (TPSA) is 75.6 Å². The maximum Gasteiger partial charge on any atom is 0.311 e. The van der Waals surface area contributed by atoms with Crippen molar-refractivity contribution in [2.45, 2.75) is 31.6 Å². The fraction of sp³-hybridized carbons (Fsp3) is 0.500. The number of aliphatic carboxylic acids is 1. The number of para-hydroxylation sites is 1. The van der Waals surface area contributed by atoms with Crippen LogP contribution < -0.4 is 10.1 Å². The van der Waals surface area contributed by atoms with Gasteiger partial charge in [-0.1, -0.05) is 31.0 Å². The van der Waals surface area contributed by atoms with Crippen molar-refractivity contribution in [3.63, 3.8) is 0 Å². The molecular weight excluding hydrogens is 270 g/mol. The van der Waals surface area contributed by atoms with Crippen LogP contribution in [0.4, 0.5) is 0 Å². The number of fused-ring (bicyclic) bond motifs is 1. The molecule has 1 aromatic carbocycles. The van der Waals surface area contributed by atoms with Crippen molar-refractivity contribution in [2.75, 3.05) is 13.2 Å². The number of amides is 1. The summed E-state index contributed by atoms with van der Waals surface area (Å²) in [5, 5.41) is 12.3. The molecule has 1 unspecified atom stereocenters. The number of carboxylic acids is 1. The summed E-state index contributed by atoms with van der Waals surface area (Å²) < 4.78 is 5.50. The Morgan fingerprint density at radius 3 is 2.71 bits per heavy atom. The lowest BCUT2D eigenvalue weighted by Crippen LogP contribution is -2.43. The molecule has 5 heteroatoms.